The van der Waals surface area contributed by atoms with E-state index in [1.807, 2.05) is 0 Å². The Morgan fingerprint density at radius 1 is 1.33 bits per heavy atom. The summed E-state index contributed by atoms with van der Waals surface area (Å²) in [5.74, 6) is 0.516. The van der Waals surface area contributed by atoms with Crippen LogP contribution in [0.4, 0.5) is 0 Å². The summed E-state index contributed by atoms with van der Waals surface area (Å²) >= 11 is -2.02. The van der Waals surface area contributed by atoms with Crippen LogP contribution in [0.25, 0.3) is 0 Å². The SMILES string of the molecule is CCCCCCC(Cc1ccc(O)c(OC)c1)NS(=O)O. The minimum Gasteiger partial charge on any atom is -0.504 e. The number of hydrogen-bond donors (Lipinski definition) is 3. The first-order valence-electron chi connectivity index (χ1n) is 7.29. The van der Waals surface area contributed by atoms with Gasteiger partial charge in [0.2, 0.25) is 11.3 Å². The molecular weight excluding hydrogens is 290 g/mol. The number of hydrogen-bond acceptors (Lipinski definition) is 3. The molecule has 2 unspecified atom stereocenters. The molecule has 2 atom stereocenters. The Bertz CT molecular complexity index is 453. The number of methoxy groups -OCH3 is 1. The topological polar surface area (TPSA) is 78.8 Å². The molecule has 0 amide bonds. The second kappa shape index (κ2) is 9.76. The predicted molar refractivity (Wildman–Crippen MR) is 84.8 cm³/mol. The number of ether oxygens (including phenoxy) is 1. The van der Waals surface area contributed by atoms with Crippen LogP contribution in [-0.4, -0.2) is 27.0 Å². The Balaban J connectivity index is 2.64. The largest absolute Gasteiger partial charge is 0.504 e. The van der Waals surface area contributed by atoms with Crippen LogP contribution in [0, 0.1) is 0 Å². The Kier molecular flexibility index (Phi) is 8.34. The fraction of sp³-hybridized carbons (Fsp3) is 0.600. The van der Waals surface area contributed by atoms with E-state index in [9.17, 15) is 9.32 Å². The number of aromatic hydroxyl groups is 1. The van der Waals surface area contributed by atoms with Crippen LogP contribution in [0.15, 0.2) is 18.2 Å². The van der Waals surface area contributed by atoms with E-state index in [-0.39, 0.29) is 11.8 Å². The van der Waals surface area contributed by atoms with Gasteiger partial charge in [0.05, 0.1) is 7.11 Å². The smallest absolute Gasteiger partial charge is 0.231 e. The molecule has 0 heterocycles. The minimum atomic E-state index is -2.02. The number of phenols is 1. The molecule has 1 aromatic carbocycles. The zero-order chi connectivity index (χ0) is 15.7. The Morgan fingerprint density at radius 2 is 2.10 bits per heavy atom. The van der Waals surface area contributed by atoms with Crippen LogP contribution in [0.2, 0.25) is 0 Å². The second-order valence-corrected chi connectivity index (χ2v) is 5.86. The van der Waals surface area contributed by atoms with Crippen molar-refractivity contribution in [3.05, 3.63) is 23.8 Å². The van der Waals surface area contributed by atoms with Crippen molar-refractivity contribution in [2.75, 3.05) is 7.11 Å². The standard InChI is InChI=1S/C15H25NO4S/c1-3-4-5-6-7-13(16-21(18)19)10-12-8-9-14(17)15(11-12)20-2/h8-9,11,13,16-17H,3-7,10H2,1-2H3,(H,18,19). The Morgan fingerprint density at radius 3 is 2.71 bits per heavy atom. The monoisotopic (exact) mass is 315 g/mol. The van der Waals surface area contributed by atoms with Gasteiger partial charge in [-0.15, -0.1) is 0 Å². The number of benzene rings is 1. The summed E-state index contributed by atoms with van der Waals surface area (Å²) in [6.07, 6.45) is 5.97. The van der Waals surface area contributed by atoms with Crippen LogP contribution in [0.3, 0.4) is 0 Å². The van der Waals surface area contributed by atoms with Gasteiger partial charge in [-0.2, -0.15) is 0 Å². The number of phenolic OH excluding ortho intramolecular Hbond substituents is 1. The fourth-order valence-electron chi connectivity index (χ4n) is 2.30. The highest BCUT2D eigenvalue weighted by molar-refractivity contribution is 7.77. The lowest BCUT2D eigenvalue weighted by Crippen LogP contribution is -2.32. The molecule has 0 aliphatic carbocycles. The van der Waals surface area contributed by atoms with E-state index in [2.05, 4.69) is 11.6 Å². The zero-order valence-corrected chi connectivity index (χ0v) is 13.5. The van der Waals surface area contributed by atoms with Gasteiger partial charge < -0.3 is 9.84 Å². The van der Waals surface area contributed by atoms with Gasteiger partial charge in [-0.25, -0.2) is 8.93 Å². The van der Waals surface area contributed by atoms with Gasteiger partial charge in [-0.1, -0.05) is 38.7 Å². The van der Waals surface area contributed by atoms with Crippen LogP contribution in [0.5, 0.6) is 11.5 Å². The van der Waals surface area contributed by atoms with Crippen molar-refractivity contribution < 1.29 is 18.6 Å². The average molecular weight is 315 g/mol. The van der Waals surface area contributed by atoms with Crippen molar-refractivity contribution in [2.24, 2.45) is 0 Å². The third-order valence-corrected chi connectivity index (χ3v) is 3.93. The zero-order valence-electron chi connectivity index (χ0n) is 12.7. The second-order valence-electron chi connectivity index (χ2n) is 5.12. The lowest BCUT2D eigenvalue weighted by Gasteiger charge is -2.17. The van der Waals surface area contributed by atoms with Crippen LogP contribution < -0.4 is 9.46 Å². The maximum Gasteiger partial charge on any atom is 0.231 e. The average Bonchev–Trinajstić information content (AvgIpc) is 2.45. The number of unbranched alkanes of at least 4 members (excludes halogenated alkanes) is 3. The summed E-state index contributed by atoms with van der Waals surface area (Å²) in [7, 11) is 1.50. The maximum absolute atomic E-state index is 11.0. The van der Waals surface area contributed by atoms with Crippen molar-refractivity contribution in [3.63, 3.8) is 0 Å². The molecule has 0 fully saturated rings. The van der Waals surface area contributed by atoms with Crippen molar-refractivity contribution in [1.29, 1.82) is 0 Å². The van der Waals surface area contributed by atoms with Gasteiger partial charge in [0.15, 0.2) is 11.5 Å². The first-order chi connectivity index (χ1) is 10.1. The van der Waals surface area contributed by atoms with Gasteiger partial charge in [0.1, 0.15) is 0 Å². The molecule has 120 valence electrons. The first-order valence-corrected chi connectivity index (χ1v) is 8.40. The summed E-state index contributed by atoms with van der Waals surface area (Å²) in [5.41, 5.74) is 0.961. The maximum atomic E-state index is 11.0. The molecule has 0 spiro atoms. The molecule has 21 heavy (non-hydrogen) atoms. The first kappa shape index (κ1) is 17.9. The summed E-state index contributed by atoms with van der Waals surface area (Å²) in [5, 5.41) is 9.59. The normalized spacial score (nSPS) is 13.9. The molecule has 0 bridgehead atoms. The van der Waals surface area contributed by atoms with Gasteiger partial charge in [-0.05, 0) is 30.5 Å². The van der Waals surface area contributed by atoms with Crippen LogP contribution in [-0.2, 0) is 17.7 Å². The molecule has 0 aliphatic heterocycles. The van der Waals surface area contributed by atoms with Crippen LogP contribution in [0.1, 0.15) is 44.6 Å². The van der Waals surface area contributed by atoms with Gasteiger partial charge in [0, 0.05) is 6.04 Å². The van der Waals surface area contributed by atoms with Crippen molar-refractivity contribution in [2.45, 2.75) is 51.5 Å². The quantitative estimate of drug-likeness (QED) is 0.458. The van der Waals surface area contributed by atoms with E-state index in [4.69, 9.17) is 9.29 Å². The highest BCUT2D eigenvalue weighted by Crippen LogP contribution is 2.27. The van der Waals surface area contributed by atoms with E-state index in [1.54, 1.807) is 18.2 Å². The molecule has 5 nitrogen and oxygen atoms in total. The van der Waals surface area contributed by atoms with Gasteiger partial charge in [0.25, 0.3) is 0 Å². The highest BCUT2D eigenvalue weighted by Gasteiger charge is 2.13. The van der Waals surface area contributed by atoms with Crippen molar-refractivity contribution in [1.82, 2.24) is 4.72 Å². The molecule has 0 aromatic heterocycles. The highest BCUT2D eigenvalue weighted by atomic mass is 32.2. The lowest BCUT2D eigenvalue weighted by molar-refractivity contribution is 0.372. The molecule has 1 aromatic rings. The minimum absolute atomic E-state index is 0.0676. The van der Waals surface area contributed by atoms with Crippen molar-refractivity contribution in [3.8, 4) is 11.5 Å². The Hall–Kier alpha value is -1.11. The lowest BCUT2D eigenvalue weighted by atomic mass is 10.0. The van der Waals surface area contributed by atoms with E-state index < -0.39 is 11.3 Å². The van der Waals surface area contributed by atoms with E-state index in [0.29, 0.717) is 12.2 Å². The third-order valence-electron chi connectivity index (χ3n) is 3.40. The molecule has 3 N–H and O–H groups in total. The van der Waals surface area contributed by atoms with E-state index in [0.717, 1.165) is 24.8 Å². The third kappa shape index (κ3) is 6.93. The summed E-state index contributed by atoms with van der Waals surface area (Å²) in [6.45, 7) is 2.15. The Labute approximate surface area is 129 Å². The molecular formula is C15H25NO4S. The van der Waals surface area contributed by atoms with E-state index >= 15 is 0 Å². The summed E-state index contributed by atoms with van der Waals surface area (Å²) < 4.78 is 27.8. The molecule has 0 saturated heterocycles. The number of rotatable bonds is 10. The molecule has 1 rings (SSSR count). The van der Waals surface area contributed by atoms with Gasteiger partial charge in [-0.3, -0.25) is 4.55 Å². The van der Waals surface area contributed by atoms with Crippen LogP contribution >= 0.6 is 0 Å². The summed E-state index contributed by atoms with van der Waals surface area (Å²) in [6, 6.07) is 5.08. The molecule has 6 heteroatoms. The van der Waals surface area contributed by atoms with E-state index in [1.165, 1.54) is 20.0 Å². The van der Waals surface area contributed by atoms with Gasteiger partial charge >= 0.3 is 0 Å². The molecule has 0 aliphatic rings. The van der Waals surface area contributed by atoms with Crippen molar-refractivity contribution >= 4 is 11.3 Å². The fourth-order valence-corrected chi connectivity index (χ4v) is 2.78. The summed E-state index contributed by atoms with van der Waals surface area (Å²) in [4.78, 5) is 0. The molecule has 0 radical (unpaired) electrons. The molecule has 0 saturated carbocycles. The predicted octanol–water partition coefficient (Wildman–Crippen LogP) is 3.01. The number of nitrogens with one attached hydrogen (secondary N) is 1.